The third kappa shape index (κ3) is 4.26. The molecular formula is C40H27N5S. The highest BCUT2D eigenvalue weighted by atomic mass is 32.1. The molecule has 0 atom stereocenters. The third-order valence-electron chi connectivity index (χ3n) is 8.81. The lowest BCUT2D eigenvalue weighted by Crippen LogP contribution is -1.97. The van der Waals surface area contributed by atoms with Crippen LogP contribution in [0.25, 0.3) is 83.4 Å². The molecule has 0 fully saturated rings. The monoisotopic (exact) mass is 609 g/mol. The maximum absolute atomic E-state index is 5.24. The zero-order valence-corrected chi connectivity index (χ0v) is 25.8. The Labute approximate surface area is 269 Å². The average Bonchev–Trinajstić information content (AvgIpc) is 3.86. The number of pyridine rings is 2. The topological polar surface area (TPSA) is 48.5 Å². The molecule has 218 valence electrons. The van der Waals surface area contributed by atoms with Crippen LogP contribution in [-0.4, -0.2) is 24.1 Å². The predicted molar refractivity (Wildman–Crippen MR) is 190 cm³/mol. The van der Waals surface area contributed by atoms with Crippen LogP contribution in [0.4, 0.5) is 0 Å². The van der Waals surface area contributed by atoms with E-state index < -0.39 is 0 Å². The number of aromatic nitrogens is 5. The molecule has 0 N–H and O–H groups in total. The van der Waals surface area contributed by atoms with Gasteiger partial charge in [0.2, 0.25) is 0 Å². The van der Waals surface area contributed by atoms with Gasteiger partial charge in [0.1, 0.15) is 5.82 Å². The summed E-state index contributed by atoms with van der Waals surface area (Å²) in [6, 6.07) is 40.9. The molecule has 0 bridgehead atoms. The highest BCUT2D eigenvalue weighted by Crippen LogP contribution is 2.38. The number of aryl methyl sites for hydroxylation is 1. The quantitative estimate of drug-likeness (QED) is 0.195. The van der Waals surface area contributed by atoms with Gasteiger partial charge in [0.15, 0.2) is 0 Å². The van der Waals surface area contributed by atoms with Crippen LogP contribution < -0.4 is 0 Å². The highest BCUT2D eigenvalue weighted by Gasteiger charge is 2.18. The van der Waals surface area contributed by atoms with E-state index in [1.165, 1.54) is 21.9 Å². The molecule has 5 aromatic heterocycles. The van der Waals surface area contributed by atoms with Crippen LogP contribution in [0.5, 0.6) is 0 Å². The lowest BCUT2D eigenvalue weighted by molar-refractivity contribution is 0.959. The first-order valence-electron chi connectivity index (χ1n) is 15.2. The van der Waals surface area contributed by atoms with Gasteiger partial charge in [-0.1, -0.05) is 54.6 Å². The average molecular weight is 610 g/mol. The minimum absolute atomic E-state index is 0.922. The minimum Gasteiger partial charge on any atom is -0.327 e. The van der Waals surface area contributed by atoms with Crippen molar-refractivity contribution < 1.29 is 0 Å². The second-order valence-electron chi connectivity index (χ2n) is 11.5. The van der Waals surface area contributed by atoms with E-state index in [4.69, 9.17) is 9.97 Å². The summed E-state index contributed by atoms with van der Waals surface area (Å²) in [6.07, 6.45) is 5.56. The fourth-order valence-electron chi connectivity index (χ4n) is 6.63. The Kier molecular flexibility index (Phi) is 6.14. The molecule has 5 heterocycles. The maximum Gasteiger partial charge on any atom is 0.140 e. The van der Waals surface area contributed by atoms with Crippen LogP contribution in [0.15, 0.2) is 145 Å². The molecule has 0 aliphatic carbocycles. The normalized spacial score (nSPS) is 11.6. The number of rotatable bonds is 5. The predicted octanol–water partition coefficient (Wildman–Crippen LogP) is 10.2. The van der Waals surface area contributed by atoms with Crippen molar-refractivity contribution in [1.29, 1.82) is 0 Å². The molecule has 0 aliphatic rings. The van der Waals surface area contributed by atoms with E-state index in [0.29, 0.717) is 0 Å². The van der Waals surface area contributed by atoms with Gasteiger partial charge in [-0.05, 0) is 82.6 Å². The summed E-state index contributed by atoms with van der Waals surface area (Å²) in [5, 5.41) is 6.76. The number of benzene rings is 4. The fourth-order valence-corrected chi connectivity index (χ4v) is 7.30. The van der Waals surface area contributed by atoms with Gasteiger partial charge >= 0.3 is 0 Å². The zero-order valence-electron chi connectivity index (χ0n) is 25.0. The van der Waals surface area contributed by atoms with E-state index in [9.17, 15) is 0 Å². The van der Waals surface area contributed by atoms with Crippen LogP contribution in [0.3, 0.4) is 0 Å². The molecule has 0 spiro atoms. The molecule has 0 aliphatic heterocycles. The Morgan fingerprint density at radius 3 is 2.33 bits per heavy atom. The SMILES string of the molecule is Cn1c(-c2ccc3c4ccccc4n(-c4cc(-c5ccsc5)cc(-c5ccccn5)c4)c3c2)nc2c(-c3cccnc3)cccc21. The van der Waals surface area contributed by atoms with Crippen LogP contribution in [0.1, 0.15) is 0 Å². The van der Waals surface area contributed by atoms with E-state index in [2.05, 4.69) is 129 Å². The zero-order chi connectivity index (χ0) is 30.6. The highest BCUT2D eigenvalue weighted by molar-refractivity contribution is 7.08. The van der Waals surface area contributed by atoms with Gasteiger partial charge in [-0.3, -0.25) is 9.97 Å². The van der Waals surface area contributed by atoms with Crippen molar-refractivity contribution in [3.05, 3.63) is 145 Å². The van der Waals surface area contributed by atoms with Crippen molar-refractivity contribution in [3.8, 4) is 50.6 Å². The van der Waals surface area contributed by atoms with Gasteiger partial charge in [-0.25, -0.2) is 4.98 Å². The van der Waals surface area contributed by atoms with Crippen molar-refractivity contribution in [2.24, 2.45) is 7.05 Å². The molecule has 5 nitrogen and oxygen atoms in total. The van der Waals surface area contributed by atoms with Crippen molar-refractivity contribution in [3.63, 3.8) is 0 Å². The van der Waals surface area contributed by atoms with E-state index in [-0.39, 0.29) is 0 Å². The smallest absolute Gasteiger partial charge is 0.140 e. The molecular weight excluding hydrogens is 583 g/mol. The summed E-state index contributed by atoms with van der Waals surface area (Å²) in [4.78, 5) is 14.3. The van der Waals surface area contributed by atoms with Gasteiger partial charge in [0, 0.05) is 64.4 Å². The second kappa shape index (κ2) is 10.6. The van der Waals surface area contributed by atoms with Crippen molar-refractivity contribution in [2.45, 2.75) is 0 Å². The van der Waals surface area contributed by atoms with Gasteiger partial charge < -0.3 is 9.13 Å². The molecule has 0 radical (unpaired) electrons. The summed E-state index contributed by atoms with van der Waals surface area (Å²) in [5.41, 5.74) is 13.0. The second-order valence-corrected chi connectivity index (χ2v) is 12.3. The number of imidazole rings is 1. The van der Waals surface area contributed by atoms with Gasteiger partial charge in [0.05, 0.1) is 27.8 Å². The van der Waals surface area contributed by atoms with Gasteiger partial charge in [-0.2, -0.15) is 11.3 Å². The lowest BCUT2D eigenvalue weighted by Gasteiger charge is -2.13. The molecule has 46 heavy (non-hydrogen) atoms. The van der Waals surface area contributed by atoms with Crippen LogP contribution in [0.2, 0.25) is 0 Å². The lowest BCUT2D eigenvalue weighted by atomic mass is 10.0. The van der Waals surface area contributed by atoms with E-state index >= 15 is 0 Å². The summed E-state index contributed by atoms with van der Waals surface area (Å²) >= 11 is 1.71. The molecule has 0 unspecified atom stereocenters. The van der Waals surface area contributed by atoms with Crippen molar-refractivity contribution in [1.82, 2.24) is 24.1 Å². The molecule has 9 aromatic rings. The van der Waals surface area contributed by atoms with Crippen LogP contribution in [0, 0.1) is 0 Å². The number of hydrogen-bond donors (Lipinski definition) is 0. The first kappa shape index (κ1) is 26.5. The summed E-state index contributed by atoms with van der Waals surface area (Å²) in [7, 11) is 2.10. The Morgan fingerprint density at radius 1 is 0.609 bits per heavy atom. The van der Waals surface area contributed by atoms with Crippen LogP contribution in [-0.2, 0) is 7.05 Å². The Hall–Kier alpha value is -5.85. The number of para-hydroxylation sites is 2. The van der Waals surface area contributed by atoms with E-state index in [0.717, 1.165) is 61.5 Å². The molecule has 0 saturated heterocycles. The molecule has 9 rings (SSSR count). The van der Waals surface area contributed by atoms with Crippen LogP contribution >= 0.6 is 11.3 Å². The van der Waals surface area contributed by atoms with E-state index in [1.54, 1.807) is 17.5 Å². The number of fused-ring (bicyclic) bond motifs is 4. The summed E-state index contributed by atoms with van der Waals surface area (Å²) < 4.78 is 4.58. The number of thiophene rings is 1. The fraction of sp³-hybridized carbons (Fsp3) is 0.0250. The molecule has 6 heteroatoms. The summed E-state index contributed by atoms with van der Waals surface area (Å²) in [6.45, 7) is 0. The Morgan fingerprint density at radius 2 is 1.48 bits per heavy atom. The van der Waals surface area contributed by atoms with Crippen molar-refractivity contribution in [2.75, 3.05) is 0 Å². The number of nitrogens with zero attached hydrogens (tertiary/aromatic N) is 5. The van der Waals surface area contributed by atoms with Gasteiger partial charge in [-0.15, -0.1) is 0 Å². The van der Waals surface area contributed by atoms with Crippen molar-refractivity contribution >= 4 is 44.2 Å². The van der Waals surface area contributed by atoms with Gasteiger partial charge in [0.25, 0.3) is 0 Å². The third-order valence-corrected chi connectivity index (χ3v) is 9.49. The maximum atomic E-state index is 5.24. The largest absolute Gasteiger partial charge is 0.327 e. The molecule has 0 saturated carbocycles. The summed E-state index contributed by atoms with van der Waals surface area (Å²) in [5.74, 6) is 0.922. The Bertz CT molecular complexity index is 2530. The van der Waals surface area contributed by atoms with E-state index in [1.807, 2.05) is 30.6 Å². The molecule has 4 aromatic carbocycles. The first-order valence-corrected chi connectivity index (χ1v) is 16.2. The standard InChI is InChI=1S/C40H27N5S/c1-44-37-13-6-10-32(27-8-7-17-41-24-27)39(37)43-40(44)26-14-15-34-33-9-2-3-12-36(33)45(38(34)23-26)31-21-29(28-16-19-46-25-28)20-30(22-31)35-11-4-5-18-42-35/h2-25H,1H3. The Balaban J connectivity index is 1.29. The molecule has 0 amide bonds. The minimum atomic E-state index is 0.922. The first-order chi connectivity index (χ1) is 22.7. The number of hydrogen-bond acceptors (Lipinski definition) is 4.